The van der Waals surface area contributed by atoms with Gasteiger partial charge >= 0.3 is 0 Å². The van der Waals surface area contributed by atoms with Gasteiger partial charge in [-0.25, -0.2) is 9.97 Å². The highest BCUT2D eigenvalue weighted by Crippen LogP contribution is 2.23. The highest BCUT2D eigenvalue weighted by Gasteiger charge is 2.17. The van der Waals surface area contributed by atoms with Gasteiger partial charge in [-0.1, -0.05) is 12.1 Å². The van der Waals surface area contributed by atoms with Gasteiger partial charge in [0.2, 0.25) is 5.91 Å². The lowest BCUT2D eigenvalue weighted by atomic mass is 10.2. The zero-order chi connectivity index (χ0) is 19.4. The van der Waals surface area contributed by atoms with E-state index in [9.17, 15) is 14.7 Å². The second kappa shape index (κ2) is 8.28. The van der Waals surface area contributed by atoms with Crippen LogP contribution in [0.1, 0.15) is 9.67 Å². The summed E-state index contributed by atoms with van der Waals surface area (Å²) in [4.78, 5) is 34.7. The largest absolute Gasteiger partial charge is 0.508 e. The number of nitrogens with one attached hydrogen (secondary N) is 1. The maximum atomic E-state index is 12.3. The van der Waals surface area contributed by atoms with Crippen LogP contribution >= 0.6 is 27.3 Å². The van der Waals surface area contributed by atoms with Crippen LogP contribution in [-0.2, 0) is 4.79 Å². The van der Waals surface area contributed by atoms with Crippen LogP contribution < -0.4 is 5.32 Å². The van der Waals surface area contributed by atoms with E-state index >= 15 is 0 Å². The summed E-state index contributed by atoms with van der Waals surface area (Å²) in [6.45, 7) is -0.0946. The van der Waals surface area contributed by atoms with Crippen LogP contribution in [0.15, 0.2) is 52.6 Å². The number of hydrogen-bond donors (Lipinski definition) is 2. The van der Waals surface area contributed by atoms with Gasteiger partial charge in [-0.05, 0) is 40.2 Å². The van der Waals surface area contributed by atoms with Gasteiger partial charge in [0.25, 0.3) is 5.91 Å². The van der Waals surface area contributed by atoms with Gasteiger partial charge < -0.3 is 15.3 Å². The fourth-order valence-corrected chi connectivity index (χ4v) is 3.67. The van der Waals surface area contributed by atoms with E-state index in [-0.39, 0.29) is 24.1 Å². The molecule has 0 aliphatic heterocycles. The molecule has 2 heterocycles. The Hall–Kier alpha value is -2.78. The second-order valence-electron chi connectivity index (χ2n) is 5.66. The Bertz CT molecular complexity index is 975. The number of benzene rings is 1. The molecule has 0 atom stereocenters. The first-order valence-corrected chi connectivity index (χ1v) is 9.45. The Kier molecular flexibility index (Phi) is 5.82. The van der Waals surface area contributed by atoms with E-state index in [1.807, 2.05) is 0 Å². The number of thiophene rings is 1. The number of aromatic nitrogens is 2. The van der Waals surface area contributed by atoms with Gasteiger partial charge in [0.15, 0.2) is 5.82 Å². The summed E-state index contributed by atoms with van der Waals surface area (Å²) in [7, 11) is 1.57. The standard InChI is InChI=1S/C18H15BrN4O3S/c1-23(18(26)14-5-6-15(19)27-14)10-16(25)22-12-8-20-17(21-9-12)11-3-2-4-13(24)7-11/h2-9,24H,10H2,1H3,(H,22,25). The molecule has 0 bridgehead atoms. The molecule has 0 unspecified atom stereocenters. The van der Waals surface area contributed by atoms with Crippen molar-refractivity contribution < 1.29 is 14.7 Å². The third-order valence-corrected chi connectivity index (χ3v) is 5.16. The molecule has 9 heteroatoms. The van der Waals surface area contributed by atoms with Crippen molar-refractivity contribution in [3.63, 3.8) is 0 Å². The molecule has 0 spiro atoms. The van der Waals surface area contributed by atoms with Crippen molar-refractivity contribution in [1.82, 2.24) is 14.9 Å². The molecule has 138 valence electrons. The molecule has 0 fully saturated rings. The second-order valence-corrected chi connectivity index (χ2v) is 8.12. The zero-order valence-electron chi connectivity index (χ0n) is 14.2. The van der Waals surface area contributed by atoms with Gasteiger partial charge in [-0.15, -0.1) is 11.3 Å². The Morgan fingerprint density at radius 3 is 2.59 bits per heavy atom. The molecular weight excluding hydrogens is 432 g/mol. The number of halogens is 1. The molecule has 2 amide bonds. The SMILES string of the molecule is CN(CC(=O)Nc1cnc(-c2cccc(O)c2)nc1)C(=O)c1ccc(Br)s1. The molecule has 2 aromatic heterocycles. The topological polar surface area (TPSA) is 95.4 Å². The van der Waals surface area contributed by atoms with Crippen LogP contribution in [0.4, 0.5) is 5.69 Å². The molecule has 1 aromatic carbocycles. The van der Waals surface area contributed by atoms with Crippen molar-refractivity contribution in [3.8, 4) is 17.1 Å². The third-order valence-electron chi connectivity index (χ3n) is 3.55. The number of carbonyl (C=O) groups excluding carboxylic acids is 2. The Balaban J connectivity index is 1.60. The molecule has 0 radical (unpaired) electrons. The average molecular weight is 447 g/mol. The minimum absolute atomic E-state index is 0.0946. The van der Waals surface area contributed by atoms with E-state index in [1.54, 1.807) is 43.4 Å². The maximum Gasteiger partial charge on any atom is 0.264 e. The van der Waals surface area contributed by atoms with Crippen LogP contribution in [0.2, 0.25) is 0 Å². The smallest absolute Gasteiger partial charge is 0.264 e. The maximum absolute atomic E-state index is 12.3. The highest BCUT2D eigenvalue weighted by molar-refractivity contribution is 9.11. The van der Waals surface area contributed by atoms with E-state index < -0.39 is 0 Å². The van der Waals surface area contributed by atoms with Crippen molar-refractivity contribution in [2.24, 2.45) is 0 Å². The van der Waals surface area contributed by atoms with E-state index in [2.05, 4.69) is 31.2 Å². The number of nitrogens with zero attached hydrogens (tertiary/aromatic N) is 3. The average Bonchev–Trinajstić information content (AvgIpc) is 3.08. The van der Waals surface area contributed by atoms with Crippen LogP contribution in [0.5, 0.6) is 5.75 Å². The normalized spacial score (nSPS) is 10.4. The van der Waals surface area contributed by atoms with Gasteiger partial charge in [0.05, 0.1) is 33.3 Å². The van der Waals surface area contributed by atoms with Crippen molar-refractivity contribution >= 4 is 44.8 Å². The number of carbonyl (C=O) groups is 2. The summed E-state index contributed by atoms with van der Waals surface area (Å²) in [6, 6.07) is 10.1. The molecule has 7 nitrogen and oxygen atoms in total. The number of phenolic OH excluding ortho intramolecular Hbond substituents is 1. The van der Waals surface area contributed by atoms with Gasteiger partial charge in [0.1, 0.15) is 5.75 Å². The number of phenols is 1. The summed E-state index contributed by atoms with van der Waals surface area (Å²) in [5.41, 5.74) is 1.09. The highest BCUT2D eigenvalue weighted by atomic mass is 79.9. The molecule has 3 rings (SSSR count). The van der Waals surface area contributed by atoms with E-state index in [4.69, 9.17) is 0 Å². The molecule has 2 N–H and O–H groups in total. The van der Waals surface area contributed by atoms with Crippen molar-refractivity contribution in [2.45, 2.75) is 0 Å². The fourth-order valence-electron chi connectivity index (χ4n) is 2.29. The van der Waals surface area contributed by atoms with E-state index in [0.717, 1.165) is 3.79 Å². The summed E-state index contributed by atoms with van der Waals surface area (Å²) in [5.74, 6) is -0.0232. The number of anilines is 1. The lowest BCUT2D eigenvalue weighted by Gasteiger charge is -2.15. The van der Waals surface area contributed by atoms with Crippen LogP contribution in [0.3, 0.4) is 0 Å². The number of rotatable bonds is 5. The molecule has 27 heavy (non-hydrogen) atoms. The van der Waals surface area contributed by atoms with Gasteiger partial charge in [0, 0.05) is 12.6 Å². The number of aromatic hydroxyl groups is 1. The summed E-state index contributed by atoms with van der Waals surface area (Å²) >= 11 is 4.62. The van der Waals surface area contributed by atoms with Crippen LogP contribution in [-0.4, -0.2) is 45.4 Å². The van der Waals surface area contributed by atoms with Crippen molar-refractivity contribution in [3.05, 3.63) is 57.5 Å². The minimum atomic E-state index is -0.352. The molecule has 3 aromatic rings. The Morgan fingerprint density at radius 1 is 1.22 bits per heavy atom. The number of amides is 2. The number of hydrogen-bond acceptors (Lipinski definition) is 6. The first-order valence-electron chi connectivity index (χ1n) is 7.84. The molecule has 0 saturated carbocycles. The molecule has 0 aliphatic carbocycles. The predicted octanol–water partition coefficient (Wildman–Crippen LogP) is 3.38. The van der Waals surface area contributed by atoms with Gasteiger partial charge in [-0.2, -0.15) is 0 Å². The van der Waals surface area contributed by atoms with Gasteiger partial charge in [-0.3, -0.25) is 9.59 Å². The van der Waals surface area contributed by atoms with Crippen LogP contribution in [0, 0.1) is 0 Å². The molecular formula is C18H15BrN4O3S. The van der Waals surface area contributed by atoms with Crippen LogP contribution in [0.25, 0.3) is 11.4 Å². The van der Waals surface area contributed by atoms with Crippen molar-refractivity contribution in [2.75, 3.05) is 18.9 Å². The first-order chi connectivity index (χ1) is 12.9. The van der Waals surface area contributed by atoms with E-state index in [0.29, 0.717) is 22.0 Å². The Labute approximate surface area is 167 Å². The Morgan fingerprint density at radius 2 is 1.96 bits per heavy atom. The fraction of sp³-hybridized carbons (Fsp3) is 0.111. The summed E-state index contributed by atoms with van der Waals surface area (Å²) in [5, 5.41) is 12.2. The third kappa shape index (κ3) is 4.89. The van der Waals surface area contributed by atoms with Crippen molar-refractivity contribution in [1.29, 1.82) is 0 Å². The summed E-state index contributed by atoms with van der Waals surface area (Å²) < 4.78 is 0.854. The van der Waals surface area contributed by atoms with E-state index in [1.165, 1.54) is 28.6 Å². The minimum Gasteiger partial charge on any atom is -0.508 e. The predicted molar refractivity (Wildman–Crippen MR) is 107 cm³/mol. The first kappa shape index (κ1) is 19.0. The molecule has 0 aliphatic rings. The lowest BCUT2D eigenvalue weighted by molar-refractivity contribution is -0.116. The zero-order valence-corrected chi connectivity index (χ0v) is 16.6. The lowest BCUT2D eigenvalue weighted by Crippen LogP contribution is -2.34. The summed E-state index contributed by atoms with van der Waals surface area (Å²) in [6.07, 6.45) is 2.95. The molecule has 0 saturated heterocycles. The quantitative estimate of drug-likeness (QED) is 0.626. The monoisotopic (exact) mass is 446 g/mol. The number of likely N-dealkylation sites (N-methyl/N-ethyl adjacent to an activating group) is 1.